The van der Waals surface area contributed by atoms with E-state index < -0.39 is 5.97 Å². The standard InChI is InChI=1S/C33H30N2O3/c36-33(37)32-29(17-8-20-38-30-18-5-10-22-9-1-2-13-25(22)30)28-16-6-15-27(31(28)35-32)26-14-4-3-12-24(26)23-11-7-19-34-21-23/h1-2,5-7,9-11,13,15-16,18-19,21,35H,3-4,8,12,14,17,20H2,(H,36,37). The average molecular weight is 503 g/mol. The van der Waals surface area contributed by atoms with Crippen LogP contribution in [0.3, 0.4) is 0 Å². The Morgan fingerprint density at radius 2 is 1.68 bits per heavy atom. The molecule has 5 heteroatoms. The second-order valence-electron chi connectivity index (χ2n) is 9.85. The minimum absolute atomic E-state index is 0.275. The molecule has 0 saturated heterocycles. The number of para-hydroxylation sites is 1. The highest BCUT2D eigenvalue weighted by Crippen LogP contribution is 2.41. The molecular weight excluding hydrogens is 472 g/mol. The third-order valence-corrected chi connectivity index (χ3v) is 7.54. The van der Waals surface area contributed by atoms with Crippen LogP contribution < -0.4 is 4.74 Å². The van der Waals surface area contributed by atoms with Gasteiger partial charge in [-0.15, -0.1) is 0 Å². The van der Waals surface area contributed by atoms with Gasteiger partial charge in [-0.25, -0.2) is 4.79 Å². The lowest BCUT2D eigenvalue weighted by molar-refractivity contribution is 0.0690. The molecule has 0 saturated carbocycles. The lowest BCUT2D eigenvalue weighted by Gasteiger charge is -2.21. The predicted octanol–water partition coefficient (Wildman–Crippen LogP) is 7.91. The van der Waals surface area contributed by atoms with Crippen LogP contribution >= 0.6 is 0 Å². The molecule has 2 aromatic heterocycles. The fraction of sp³-hybridized carbons (Fsp3) is 0.212. The van der Waals surface area contributed by atoms with Gasteiger partial charge < -0.3 is 14.8 Å². The number of fused-ring (bicyclic) bond motifs is 2. The van der Waals surface area contributed by atoms with Gasteiger partial charge >= 0.3 is 5.97 Å². The van der Waals surface area contributed by atoms with E-state index in [1.807, 2.05) is 42.6 Å². The first-order valence-electron chi connectivity index (χ1n) is 13.3. The molecule has 2 N–H and O–H groups in total. The van der Waals surface area contributed by atoms with Crippen molar-refractivity contribution in [2.75, 3.05) is 6.61 Å². The molecule has 0 fully saturated rings. The lowest BCUT2D eigenvalue weighted by atomic mass is 9.83. The Morgan fingerprint density at radius 3 is 2.53 bits per heavy atom. The molecule has 0 atom stereocenters. The zero-order valence-electron chi connectivity index (χ0n) is 21.2. The molecule has 0 aliphatic heterocycles. The zero-order valence-corrected chi connectivity index (χ0v) is 21.2. The van der Waals surface area contributed by atoms with Gasteiger partial charge in [-0.2, -0.15) is 0 Å². The van der Waals surface area contributed by atoms with E-state index in [0.29, 0.717) is 19.4 Å². The molecule has 5 aromatic rings. The number of carboxylic acid groups (broad SMARTS) is 1. The maximum absolute atomic E-state index is 12.3. The maximum Gasteiger partial charge on any atom is 0.352 e. The Kier molecular flexibility index (Phi) is 6.65. The van der Waals surface area contributed by atoms with Gasteiger partial charge in [0.1, 0.15) is 11.4 Å². The van der Waals surface area contributed by atoms with Crippen molar-refractivity contribution < 1.29 is 14.6 Å². The van der Waals surface area contributed by atoms with Gasteiger partial charge in [0.2, 0.25) is 0 Å². The molecule has 38 heavy (non-hydrogen) atoms. The van der Waals surface area contributed by atoms with Crippen LogP contribution in [0.1, 0.15) is 59.3 Å². The fourth-order valence-corrected chi connectivity index (χ4v) is 5.78. The molecule has 0 bridgehead atoms. The van der Waals surface area contributed by atoms with Gasteiger partial charge in [0.15, 0.2) is 0 Å². The third kappa shape index (κ3) is 4.56. The molecule has 5 nitrogen and oxygen atoms in total. The second-order valence-corrected chi connectivity index (χ2v) is 9.85. The Hall–Kier alpha value is -4.38. The Morgan fingerprint density at radius 1 is 0.895 bits per heavy atom. The first-order valence-corrected chi connectivity index (χ1v) is 13.3. The van der Waals surface area contributed by atoms with Gasteiger partial charge in [-0.3, -0.25) is 4.98 Å². The summed E-state index contributed by atoms with van der Waals surface area (Å²) in [6.07, 6.45) is 9.31. The number of aromatic carboxylic acids is 1. The van der Waals surface area contributed by atoms with Crippen molar-refractivity contribution in [1.82, 2.24) is 9.97 Å². The molecular formula is C33H30N2O3. The number of rotatable bonds is 8. The van der Waals surface area contributed by atoms with Crippen molar-refractivity contribution in [2.24, 2.45) is 0 Å². The van der Waals surface area contributed by atoms with E-state index in [1.54, 1.807) is 6.20 Å². The minimum Gasteiger partial charge on any atom is -0.493 e. The number of H-pyrrole nitrogens is 1. The van der Waals surface area contributed by atoms with E-state index >= 15 is 0 Å². The Labute approximate surface area is 221 Å². The molecule has 1 aliphatic carbocycles. The van der Waals surface area contributed by atoms with Gasteiger partial charge in [0, 0.05) is 28.7 Å². The average Bonchev–Trinajstić information content (AvgIpc) is 3.35. The maximum atomic E-state index is 12.3. The SMILES string of the molecule is O=C(O)c1[nH]c2c(C3=C(c4cccnc4)CCCC3)cccc2c1CCCOc1cccc2ccccc12. The van der Waals surface area contributed by atoms with Gasteiger partial charge in [-0.05, 0) is 78.3 Å². The number of benzene rings is 3. The van der Waals surface area contributed by atoms with E-state index in [9.17, 15) is 9.90 Å². The van der Waals surface area contributed by atoms with Gasteiger partial charge in [0.25, 0.3) is 0 Å². The predicted molar refractivity (Wildman–Crippen MR) is 153 cm³/mol. The highest BCUT2D eigenvalue weighted by molar-refractivity contribution is 6.04. The minimum atomic E-state index is -0.928. The number of carboxylic acids is 1. The van der Waals surface area contributed by atoms with Crippen LogP contribution in [-0.4, -0.2) is 27.7 Å². The molecule has 190 valence electrons. The highest BCUT2D eigenvalue weighted by Gasteiger charge is 2.22. The number of aromatic amines is 1. The summed E-state index contributed by atoms with van der Waals surface area (Å²) in [5, 5.41) is 13.3. The number of aryl methyl sites for hydroxylation is 1. The van der Waals surface area contributed by atoms with Crippen molar-refractivity contribution >= 4 is 38.8 Å². The third-order valence-electron chi connectivity index (χ3n) is 7.54. The quantitative estimate of drug-likeness (QED) is 0.211. The van der Waals surface area contributed by atoms with Crippen LogP contribution in [0.25, 0.3) is 32.8 Å². The van der Waals surface area contributed by atoms with Crippen molar-refractivity contribution in [1.29, 1.82) is 0 Å². The second kappa shape index (κ2) is 10.5. The van der Waals surface area contributed by atoms with Crippen LogP contribution in [0.15, 0.2) is 85.2 Å². The first-order chi connectivity index (χ1) is 18.7. The molecule has 6 rings (SSSR count). The molecule has 0 radical (unpaired) electrons. The molecule has 2 heterocycles. The number of hydrogen-bond donors (Lipinski definition) is 2. The number of allylic oxidation sites excluding steroid dienone is 2. The van der Waals surface area contributed by atoms with Crippen LogP contribution in [0.4, 0.5) is 0 Å². The van der Waals surface area contributed by atoms with Crippen molar-refractivity contribution in [3.8, 4) is 5.75 Å². The largest absolute Gasteiger partial charge is 0.493 e. The summed E-state index contributed by atoms with van der Waals surface area (Å²) in [5.41, 5.74) is 6.88. The normalized spacial score (nSPS) is 13.8. The molecule has 0 spiro atoms. The fourth-order valence-electron chi connectivity index (χ4n) is 5.78. The summed E-state index contributed by atoms with van der Waals surface area (Å²) in [4.78, 5) is 19.9. The van der Waals surface area contributed by atoms with E-state index in [-0.39, 0.29) is 5.69 Å². The number of hydrogen-bond acceptors (Lipinski definition) is 3. The Bertz CT molecular complexity index is 1640. The molecule has 3 aromatic carbocycles. The smallest absolute Gasteiger partial charge is 0.352 e. The highest BCUT2D eigenvalue weighted by atomic mass is 16.5. The van der Waals surface area contributed by atoms with E-state index in [0.717, 1.165) is 69.8 Å². The van der Waals surface area contributed by atoms with Crippen LogP contribution in [-0.2, 0) is 6.42 Å². The number of ether oxygens (including phenoxy) is 1. The van der Waals surface area contributed by atoms with Crippen molar-refractivity contribution in [3.63, 3.8) is 0 Å². The lowest BCUT2D eigenvalue weighted by Crippen LogP contribution is -2.04. The Balaban J connectivity index is 1.31. The van der Waals surface area contributed by atoms with Crippen molar-refractivity contribution in [2.45, 2.75) is 38.5 Å². The number of aromatic nitrogens is 2. The van der Waals surface area contributed by atoms with Crippen LogP contribution in [0.2, 0.25) is 0 Å². The van der Waals surface area contributed by atoms with Gasteiger partial charge in [0.05, 0.1) is 12.1 Å². The van der Waals surface area contributed by atoms with Crippen LogP contribution in [0.5, 0.6) is 5.75 Å². The topological polar surface area (TPSA) is 75.2 Å². The van der Waals surface area contributed by atoms with Crippen LogP contribution in [0, 0.1) is 0 Å². The summed E-state index contributed by atoms with van der Waals surface area (Å²) >= 11 is 0. The number of carbonyl (C=O) groups is 1. The summed E-state index contributed by atoms with van der Waals surface area (Å²) in [7, 11) is 0. The zero-order chi connectivity index (χ0) is 25.9. The molecule has 0 unspecified atom stereocenters. The van der Waals surface area contributed by atoms with E-state index in [4.69, 9.17) is 4.74 Å². The number of nitrogens with one attached hydrogen (secondary N) is 1. The monoisotopic (exact) mass is 502 g/mol. The first kappa shape index (κ1) is 24.0. The summed E-state index contributed by atoms with van der Waals surface area (Å²) < 4.78 is 6.14. The molecule has 0 amide bonds. The molecule has 1 aliphatic rings. The van der Waals surface area contributed by atoms with Gasteiger partial charge in [-0.1, -0.05) is 60.7 Å². The summed E-state index contributed by atoms with van der Waals surface area (Å²) in [5.74, 6) is -0.0721. The van der Waals surface area contributed by atoms with Crippen molar-refractivity contribution in [3.05, 3.63) is 108 Å². The summed E-state index contributed by atoms with van der Waals surface area (Å²) in [6.45, 7) is 0.510. The van der Waals surface area contributed by atoms with E-state index in [1.165, 1.54) is 11.1 Å². The van der Waals surface area contributed by atoms with E-state index in [2.05, 4.69) is 46.4 Å². The number of pyridine rings is 1. The summed E-state index contributed by atoms with van der Waals surface area (Å²) in [6, 6.07) is 24.5. The number of nitrogens with zero attached hydrogens (tertiary/aromatic N) is 1.